The smallest absolute Gasteiger partial charge is 0.123 e. The van der Waals surface area contributed by atoms with Gasteiger partial charge in [0.2, 0.25) is 0 Å². The Kier molecular flexibility index (Phi) is 3.87. The van der Waals surface area contributed by atoms with Gasteiger partial charge in [-0.05, 0) is 28.1 Å². The lowest BCUT2D eigenvalue weighted by Crippen LogP contribution is -1.99. The fourth-order valence-electron chi connectivity index (χ4n) is 1.28. The van der Waals surface area contributed by atoms with Gasteiger partial charge >= 0.3 is 0 Å². The summed E-state index contributed by atoms with van der Waals surface area (Å²) in [5.41, 5.74) is 2.28. The van der Waals surface area contributed by atoms with Crippen molar-refractivity contribution in [3.05, 3.63) is 48.8 Å². The van der Waals surface area contributed by atoms with Crippen LogP contribution in [0.3, 0.4) is 0 Å². The first-order valence-electron chi connectivity index (χ1n) is 4.31. The molecule has 0 radical (unpaired) electrons. The summed E-state index contributed by atoms with van der Waals surface area (Å²) < 4.78 is 0.635. The molecule has 0 saturated carbocycles. The second-order valence-corrected chi connectivity index (χ2v) is 5.56. The average molecular weight is 339 g/mol. The molecular formula is C10H6BrCl2NOS. The lowest BCUT2D eigenvalue weighted by Gasteiger charge is -2.11. The minimum Gasteiger partial charge on any atom is -0.383 e. The van der Waals surface area contributed by atoms with Gasteiger partial charge in [0, 0.05) is 15.6 Å². The van der Waals surface area contributed by atoms with Crippen LogP contribution in [0.25, 0.3) is 0 Å². The molecule has 1 N–H and O–H groups in total. The van der Waals surface area contributed by atoms with E-state index in [2.05, 4.69) is 20.9 Å². The number of nitrogens with zero attached hydrogens (tertiary/aromatic N) is 1. The Bertz CT molecular complexity index is 517. The first-order chi connectivity index (χ1) is 7.59. The molecule has 0 aliphatic heterocycles. The fraction of sp³-hybridized carbons (Fsp3) is 0.100. The molecule has 16 heavy (non-hydrogen) atoms. The van der Waals surface area contributed by atoms with Gasteiger partial charge in [0.15, 0.2) is 0 Å². The predicted molar refractivity (Wildman–Crippen MR) is 70.3 cm³/mol. The molecule has 1 unspecified atom stereocenters. The van der Waals surface area contributed by atoms with E-state index in [-0.39, 0.29) is 0 Å². The van der Waals surface area contributed by atoms with Gasteiger partial charge < -0.3 is 5.11 Å². The zero-order valence-electron chi connectivity index (χ0n) is 7.82. The molecule has 0 aliphatic rings. The van der Waals surface area contributed by atoms with Crippen molar-refractivity contribution in [2.24, 2.45) is 0 Å². The summed E-state index contributed by atoms with van der Waals surface area (Å²) in [6, 6.07) is 5.01. The van der Waals surface area contributed by atoms with Gasteiger partial charge in [-0.1, -0.05) is 29.3 Å². The maximum atomic E-state index is 10.1. The van der Waals surface area contributed by atoms with Gasteiger partial charge in [0.25, 0.3) is 0 Å². The summed E-state index contributed by atoms with van der Waals surface area (Å²) in [6.45, 7) is 0. The van der Waals surface area contributed by atoms with Crippen LogP contribution in [0.5, 0.6) is 0 Å². The number of aromatic nitrogens is 1. The van der Waals surface area contributed by atoms with Gasteiger partial charge in [-0.15, -0.1) is 11.3 Å². The molecule has 0 bridgehead atoms. The first-order valence-corrected chi connectivity index (χ1v) is 6.74. The van der Waals surface area contributed by atoms with E-state index in [0.717, 1.165) is 4.88 Å². The highest BCUT2D eigenvalue weighted by molar-refractivity contribution is 9.10. The van der Waals surface area contributed by atoms with E-state index in [9.17, 15) is 5.11 Å². The summed E-state index contributed by atoms with van der Waals surface area (Å²) >= 11 is 16.4. The number of hydrogen-bond donors (Lipinski definition) is 1. The highest BCUT2D eigenvalue weighted by atomic mass is 79.9. The van der Waals surface area contributed by atoms with Crippen molar-refractivity contribution in [1.82, 2.24) is 4.98 Å². The molecule has 1 aromatic carbocycles. The Hall–Kier alpha value is -0.130. The third-order valence-electron chi connectivity index (χ3n) is 2.05. The second-order valence-electron chi connectivity index (χ2n) is 3.08. The highest BCUT2D eigenvalue weighted by Gasteiger charge is 2.18. The molecule has 2 rings (SSSR count). The Labute approximate surface area is 115 Å². The van der Waals surface area contributed by atoms with Crippen LogP contribution < -0.4 is 0 Å². The van der Waals surface area contributed by atoms with E-state index in [0.29, 0.717) is 20.2 Å². The minimum atomic E-state index is -0.786. The summed E-state index contributed by atoms with van der Waals surface area (Å²) in [5, 5.41) is 11.1. The molecule has 0 spiro atoms. The summed E-state index contributed by atoms with van der Waals surface area (Å²) in [7, 11) is 0. The first kappa shape index (κ1) is 12.3. The van der Waals surface area contributed by atoms with Crippen molar-refractivity contribution >= 4 is 50.5 Å². The number of benzene rings is 1. The van der Waals surface area contributed by atoms with E-state index in [1.807, 2.05) is 0 Å². The van der Waals surface area contributed by atoms with Gasteiger partial charge in [0.05, 0.1) is 10.4 Å². The molecule has 0 saturated heterocycles. The maximum absolute atomic E-state index is 10.1. The maximum Gasteiger partial charge on any atom is 0.123 e. The van der Waals surface area contributed by atoms with Gasteiger partial charge in [-0.2, -0.15) is 0 Å². The largest absolute Gasteiger partial charge is 0.383 e. The Morgan fingerprint density at radius 1 is 1.38 bits per heavy atom. The number of rotatable bonds is 2. The van der Waals surface area contributed by atoms with E-state index in [1.165, 1.54) is 11.3 Å². The van der Waals surface area contributed by atoms with Crippen molar-refractivity contribution in [3.63, 3.8) is 0 Å². The number of halogens is 3. The van der Waals surface area contributed by atoms with E-state index in [4.69, 9.17) is 23.2 Å². The lowest BCUT2D eigenvalue weighted by atomic mass is 10.1. The zero-order chi connectivity index (χ0) is 11.7. The van der Waals surface area contributed by atoms with Crippen LogP contribution in [-0.4, -0.2) is 10.1 Å². The van der Waals surface area contributed by atoms with Crippen molar-refractivity contribution in [2.45, 2.75) is 6.10 Å². The number of hydrogen-bond acceptors (Lipinski definition) is 3. The second kappa shape index (κ2) is 5.02. The standard InChI is InChI=1S/C10H6BrCl2NOS/c11-10-9(16-4-14-10)8(15)6-2-1-5(12)3-7(6)13/h1-4,8,15H. The molecule has 0 aliphatic carbocycles. The zero-order valence-corrected chi connectivity index (χ0v) is 11.7. The van der Waals surface area contributed by atoms with Gasteiger partial charge in [0.1, 0.15) is 10.7 Å². The van der Waals surface area contributed by atoms with Gasteiger partial charge in [-0.25, -0.2) is 4.98 Å². The predicted octanol–water partition coefficient (Wildman–Crippen LogP) is 4.29. The summed E-state index contributed by atoms with van der Waals surface area (Å²) in [6.07, 6.45) is -0.786. The van der Waals surface area contributed by atoms with Crippen LogP contribution in [0, 0.1) is 0 Å². The summed E-state index contributed by atoms with van der Waals surface area (Å²) in [4.78, 5) is 4.74. The molecule has 0 fully saturated rings. The lowest BCUT2D eigenvalue weighted by molar-refractivity contribution is 0.223. The van der Waals surface area contributed by atoms with Crippen molar-refractivity contribution in [2.75, 3.05) is 0 Å². The third-order valence-corrected chi connectivity index (χ3v) is 4.39. The average Bonchev–Trinajstić information content (AvgIpc) is 2.63. The van der Waals surface area contributed by atoms with E-state index in [1.54, 1.807) is 23.7 Å². The van der Waals surface area contributed by atoms with Crippen LogP contribution in [-0.2, 0) is 0 Å². The molecule has 2 nitrogen and oxygen atoms in total. The highest BCUT2D eigenvalue weighted by Crippen LogP contribution is 2.35. The molecule has 0 amide bonds. The number of aliphatic hydroxyl groups is 1. The molecule has 1 aromatic heterocycles. The minimum absolute atomic E-state index is 0.445. The Morgan fingerprint density at radius 2 is 2.12 bits per heavy atom. The fourth-order valence-corrected chi connectivity index (χ4v) is 3.21. The molecule has 6 heteroatoms. The van der Waals surface area contributed by atoms with Crippen LogP contribution in [0.1, 0.15) is 16.5 Å². The molecule has 2 aromatic rings. The van der Waals surface area contributed by atoms with E-state index < -0.39 is 6.10 Å². The quantitative estimate of drug-likeness (QED) is 0.885. The SMILES string of the molecule is OC(c1ccc(Cl)cc1Cl)c1scnc1Br. The molecular weight excluding hydrogens is 333 g/mol. The van der Waals surface area contributed by atoms with Crippen LogP contribution >= 0.6 is 50.5 Å². The normalized spacial score (nSPS) is 12.8. The Balaban J connectivity index is 2.41. The third kappa shape index (κ3) is 2.41. The van der Waals surface area contributed by atoms with Crippen molar-refractivity contribution in [3.8, 4) is 0 Å². The molecule has 1 heterocycles. The number of thiazole rings is 1. The van der Waals surface area contributed by atoms with Crippen molar-refractivity contribution in [1.29, 1.82) is 0 Å². The van der Waals surface area contributed by atoms with Crippen LogP contribution in [0.2, 0.25) is 10.0 Å². The van der Waals surface area contributed by atoms with Crippen molar-refractivity contribution < 1.29 is 5.11 Å². The number of aliphatic hydroxyl groups excluding tert-OH is 1. The Morgan fingerprint density at radius 3 is 2.69 bits per heavy atom. The monoisotopic (exact) mass is 337 g/mol. The van der Waals surface area contributed by atoms with Gasteiger partial charge in [-0.3, -0.25) is 0 Å². The van der Waals surface area contributed by atoms with E-state index >= 15 is 0 Å². The topological polar surface area (TPSA) is 33.1 Å². The molecule has 84 valence electrons. The van der Waals surface area contributed by atoms with Crippen LogP contribution in [0.15, 0.2) is 28.3 Å². The summed E-state index contributed by atoms with van der Waals surface area (Å²) in [5.74, 6) is 0. The molecule has 1 atom stereocenters. The van der Waals surface area contributed by atoms with Crippen LogP contribution in [0.4, 0.5) is 0 Å².